The second-order valence-electron chi connectivity index (χ2n) is 6.98. The topological polar surface area (TPSA) is 50.4 Å². The number of thiocarbonyl (C=S) groups is 1. The summed E-state index contributed by atoms with van der Waals surface area (Å²) in [5.74, 6) is -0.254. The van der Waals surface area contributed by atoms with E-state index in [1.165, 1.54) is 16.9 Å². The lowest BCUT2D eigenvalue weighted by atomic mass is 9.95. The van der Waals surface area contributed by atoms with Gasteiger partial charge in [0.1, 0.15) is 5.00 Å². The molecule has 28 heavy (non-hydrogen) atoms. The van der Waals surface area contributed by atoms with Crippen LogP contribution in [0.5, 0.6) is 0 Å². The molecule has 0 bridgehead atoms. The zero-order valence-electron chi connectivity index (χ0n) is 16.6. The van der Waals surface area contributed by atoms with Crippen molar-refractivity contribution in [2.75, 3.05) is 17.2 Å². The van der Waals surface area contributed by atoms with Gasteiger partial charge in [-0.3, -0.25) is 0 Å². The highest BCUT2D eigenvalue weighted by Gasteiger charge is 2.26. The number of para-hydroxylation sites is 1. The Bertz CT molecular complexity index is 845. The highest BCUT2D eigenvalue weighted by molar-refractivity contribution is 7.80. The number of hydrogen-bond donors (Lipinski definition) is 2. The summed E-state index contributed by atoms with van der Waals surface area (Å²) in [5, 5.41) is 7.91. The first kappa shape index (κ1) is 20.8. The van der Waals surface area contributed by atoms with Crippen LogP contribution in [0, 0.1) is 0 Å². The molecule has 1 heterocycles. The summed E-state index contributed by atoms with van der Waals surface area (Å²) >= 11 is 7.21. The number of carbonyl (C=O) groups excluding carboxylic acids is 1. The summed E-state index contributed by atoms with van der Waals surface area (Å²) in [7, 11) is 0. The van der Waals surface area contributed by atoms with Gasteiger partial charge < -0.3 is 15.4 Å². The van der Waals surface area contributed by atoms with E-state index in [0.717, 1.165) is 54.8 Å². The van der Waals surface area contributed by atoms with Crippen molar-refractivity contribution in [3.8, 4) is 0 Å². The molecule has 0 saturated heterocycles. The molecule has 1 aliphatic rings. The molecule has 0 fully saturated rings. The molecule has 1 aromatic heterocycles. The molecule has 0 spiro atoms. The molecule has 0 unspecified atom stereocenters. The van der Waals surface area contributed by atoms with Gasteiger partial charge in [-0.2, -0.15) is 0 Å². The monoisotopic (exact) mass is 416 g/mol. The Morgan fingerprint density at radius 1 is 1.18 bits per heavy atom. The number of ether oxygens (including phenoxy) is 1. The maximum atomic E-state index is 12.6. The molecule has 0 aliphatic heterocycles. The van der Waals surface area contributed by atoms with Crippen LogP contribution in [0.2, 0.25) is 0 Å². The van der Waals surface area contributed by atoms with E-state index in [-0.39, 0.29) is 5.97 Å². The van der Waals surface area contributed by atoms with Crippen LogP contribution in [-0.2, 0) is 24.0 Å². The molecule has 2 N–H and O–H groups in total. The van der Waals surface area contributed by atoms with Crippen molar-refractivity contribution in [1.29, 1.82) is 0 Å². The highest BCUT2D eigenvalue weighted by atomic mass is 32.1. The molecule has 0 radical (unpaired) electrons. The van der Waals surface area contributed by atoms with Crippen LogP contribution in [0.4, 0.5) is 10.7 Å². The summed E-state index contributed by atoms with van der Waals surface area (Å²) in [6.07, 6.45) is 7.55. The Morgan fingerprint density at radius 2 is 1.96 bits per heavy atom. The summed E-state index contributed by atoms with van der Waals surface area (Å²) in [6.45, 7) is 4.40. The van der Waals surface area contributed by atoms with E-state index in [1.807, 2.05) is 19.1 Å². The third kappa shape index (κ3) is 4.92. The Labute approximate surface area is 176 Å². The number of hydrogen-bond acceptors (Lipinski definition) is 4. The minimum absolute atomic E-state index is 0.254. The lowest BCUT2D eigenvalue weighted by Crippen LogP contribution is -2.21. The summed E-state index contributed by atoms with van der Waals surface area (Å²) in [6, 6.07) is 8.24. The van der Waals surface area contributed by atoms with Crippen molar-refractivity contribution in [2.45, 2.75) is 58.8 Å². The number of carbonyl (C=O) groups is 1. The predicted octanol–water partition coefficient (Wildman–Crippen LogP) is 5.96. The third-order valence-corrected chi connectivity index (χ3v) is 6.35. The Hall–Kier alpha value is -1.92. The smallest absolute Gasteiger partial charge is 0.341 e. The summed E-state index contributed by atoms with van der Waals surface area (Å²) in [5.41, 5.74) is 4.09. The number of fused-ring (bicyclic) bond motifs is 1. The number of anilines is 2. The lowest BCUT2D eigenvalue weighted by Gasteiger charge is -2.15. The minimum atomic E-state index is -0.254. The van der Waals surface area contributed by atoms with Crippen molar-refractivity contribution < 1.29 is 9.53 Å². The SMILES string of the molecule is CCCCc1ccccc1NC(=S)Nc1sc2c(c1C(=O)OCC)CCCC2. The first-order chi connectivity index (χ1) is 13.6. The molecule has 150 valence electrons. The van der Waals surface area contributed by atoms with Gasteiger partial charge in [-0.25, -0.2) is 4.79 Å². The second-order valence-corrected chi connectivity index (χ2v) is 8.49. The molecule has 1 aliphatic carbocycles. The van der Waals surface area contributed by atoms with Gasteiger partial charge in [-0.05, 0) is 74.9 Å². The van der Waals surface area contributed by atoms with E-state index < -0.39 is 0 Å². The number of nitrogens with one attached hydrogen (secondary N) is 2. The zero-order chi connectivity index (χ0) is 19.9. The molecule has 1 aromatic carbocycles. The highest BCUT2D eigenvalue weighted by Crippen LogP contribution is 2.38. The molecule has 0 saturated carbocycles. The van der Waals surface area contributed by atoms with Crippen LogP contribution in [0.25, 0.3) is 0 Å². The van der Waals surface area contributed by atoms with Crippen molar-refractivity contribution >= 4 is 45.3 Å². The number of rotatable bonds is 7. The Balaban J connectivity index is 1.79. The molecule has 6 heteroatoms. The fourth-order valence-electron chi connectivity index (χ4n) is 3.56. The van der Waals surface area contributed by atoms with E-state index in [2.05, 4.69) is 29.7 Å². The van der Waals surface area contributed by atoms with E-state index in [0.29, 0.717) is 17.3 Å². The Kier molecular flexibility index (Phi) is 7.45. The van der Waals surface area contributed by atoms with E-state index in [1.54, 1.807) is 11.3 Å². The maximum Gasteiger partial charge on any atom is 0.341 e. The number of benzene rings is 1. The van der Waals surface area contributed by atoms with Crippen LogP contribution in [0.3, 0.4) is 0 Å². The van der Waals surface area contributed by atoms with Crippen LogP contribution >= 0.6 is 23.6 Å². The molecular weight excluding hydrogens is 388 g/mol. The van der Waals surface area contributed by atoms with E-state index in [9.17, 15) is 4.79 Å². The van der Waals surface area contributed by atoms with Crippen molar-refractivity contribution in [3.63, 3.8) is 0 Å². The third-order valence-electron chi connectivity index (χ3n) is 4.94. The Morgan fingerprint density at radius 3 is 2.75 bits per heavy atom. The van der Waals surface area contributed by atoms with E-state index >= 15 is 0 Å². The van der Waals surface area contributed by atoms with Crippen LogP contribution < -0.4 is 10.6 Å². The number of esters is 1. The molecule has 4 nitrogen and oxygen atoms in total. The van der Waals surface area contributed by atoms with Crippen LogP contribution in [0.15, 0.2) is 24.3 Å². The standard InChI is InChI=1S/C22H28N2O2S2/c1-3-5-10-15-11-6-8-13-17(15)23-22(27)24-20-19(21(25)26-4-2)16-12-7-9-14-18(16)28-20/h6,8,11,13H,3-5,7,9-10,12,14H2,1-2H3,(H2,23,24,27). The molecular formula is C22H28N2O2S2. The zero-order valence-corrected chi connectivity index (χ0v) is 18.2. The normalized spacial score (nSPS) is 12.9. The number of unbranched alkanes of at least 4 members (excludes halogenated alkanes) is 1. The van der Waals surface area contributed by atoms with Gasteiger partial charge in [0, 0.05) is 10.6 Å². The minimum Gasteiger partial charge on any atom is -0.462 e. The fraction of sp³-hybridized carbons (Fsp3) is 0.455. The van der Waals surface area contributed by atoms with Crippen molar-refractivity contribution in [3.05, 3.63) is 45.8 Å². The second kappa shape index (κ2) is 10.0. The first-order valence-electron chi connectivity index (χ1n) is 10.1. The first-order valence-corrected chi connectivity index (χ1v) is 11.3. The largest absolute Gasteiger partial charge is 0.462 e. The van der Waals surface area contributed by atoms with E-state index in [4.69, 9.17) is 17.0 Å². The molecule has 0 amide bonds. The van der Waals surface area contributed by atoms with Gasteiger partial charge in [0.2, 0.25) is 0 Å². The number of thiophene rings is 1. The van der Waals surface area contributed by atoms with Gasteiger partial charge in [-0.1, -0.05) is 31.5 Å². The summed E-state index contributed by atoms with van der Waals surface area (Å²) in [4.78, 5) is 13.9. The van der Waals surface area contributed by atoms with Gasteiger partial charge >= 0.3 is 5.97 Å². The van der Waals surface area contributed by atoms with Gasteiger partial charge in [-0.15, -0.1) is 11.3 Å². The van der Waals surface area contributed by atoms with Crippen molar-refractivity contribution in [2.24, 2.45) is 0 Å². The molecule has 2 aromatic rings. The maximum absolute atomic E-state index is 12.6. The average molecular weight is 417 g/mol. The van der Waals surface area contributed by atoms with Gasteiger partial charge in [0.25, 0.3) is 0 Å². The van der Waals surface area contributed by atoms with Gasteiger partial charge in [0.15, 0.2) is 5.11 Å². The number of aryl methyl sites for hydroxylation is 2. The molecule has 3 rings (SSSR count). The predicted molar refractivity (Wildman–Crippen MR) is 122 cm³/mol. The van der Waals surface area contributed by atoms with Crippen LogP contribution in [0.1, 0.15) is 65.9 Å². The van der Waals surface area contributed by atoms with Crippen LogP contribution in [-0.4, -0.2) is 17.7 Å². The molecule has 0 atom stereocenters. The quantitative estimate of drug-likeness (QED) is 0.431. The fourth-order valence-corrected chi connectivity index (χ4v) is 5.12. The lowest BCUT2D eigenvalue weighted by molar-refractivity contribution is 0.0526. The van der Waals surface area contributed by atoms with Crippen molar-refractivity contribution in [1.82, 2.24) is 0 Å². The summed E-state index contributed by atoms with van der Waals surface area (Å²) < 4.78 is 5.32. The average Bonchev–Trinajstić information content (AvgIpc) is 3.05. The van der Waals surface area contributed by atoms with Gasteiger partial charge in [0.05, 0.1) is 12.2 Å².